The molecule has 0 saturated heterocycles. The topological polar surface area (TPSA) is 52.3 Å². The number of hydrogen-bond donors (Lipinski definition) is 1. The first-order valence-electron chi connectivity index (χ1n) is 5.34. The Hall–Kier alpha value is -0.940. The monoisotopic (exact) mass is 259 g/mol. The van der Waals surface area contributed by atoms with Crippen LogP contribution in [0.4, 0.5) is 10.1 Å². The van der Waals surface area contributed by atoms with E-state index in [-0.39, 0.29) is 11.3 Å². The van der Waals surface area contributed by atoms with Crippen LogP contribution in [0.1, 0.15) is 20.3 Å². The SMILES string of the molecule is COC(C)(C)CCS(=O)c1ccc(N)c(F)c1. The molecule has 0 bridgehead atoms. The van der Waals surface area contributed by atoms with Gasteiger partial charge >= 0.3 is 0 Å². The van der Waals surface area contributed by atoms with Crippen LogP contribution in [0.5, 0.6) is 0 Å². The van der Waals surface area contributed by atoms with E-state index in [0.717, 1.165) is 0 Å². The molecule has 0 aliphatic carbocycles. The summed E-state index contributed by atoms with van der Waals surface area (Å²) in [5.74, 6) is -0.0913. The highest BCUT2D eigenvalue weighted by Crippen LogP contribution is 2.18. The maximum atomic E-state index is 13.2. The average Bonchev–Trinajstić information content (AvgIpc) is 2.30. The maximum Gasteiger partial charge on any atom is 0.147 e. The van der Waals surface area contributed by atoms with Crippen LogP contribution in [0, 0.1) is 5.82 Å². The van der Waals surface area contributed by atoms with E-state index in [0.29, 0.717) is 17.1 Å². The van der Waals surface area contributed by atoms with Crippen molar-refractivity contribution in [2.75, 3.05) is 18.6 Å². The standard InChI is InChI=1S/C12H18FNO2S/c1-12(2,16-3)6-7-17(15)9-4-5-11(14)10(13)8-9/h4-5,8H,6-7,14H2,1-3H3. The fourth-order valence-electron chi connectivity index (χ4n) is 1.21. The fourth-order valence-corrected chi connectivity index (χ4v) is 2.58. The van der Waals surface area contributed by atoms with Crippen LogP contribution in [0.3, 0.4) is 0 Å². The van der Waals surface area contributed by atoms with Crippen LogP contribution in [0.25, 0.3) is 0 Å². The zero-order valence-electron chi connectivity index (χ0n) is 10.3. The Kier molecular flexibility index (Phi) is 4.65. The average molecular weight is 259 g/mol. The molecule has 17 heavy (non-hydrogen) atoms. The molecule has 1 atom stereocenters. The minimum absolute atomic E-state index is 0.0722. The second kappa shape index (κ2) is 5.60. The van der Waals surface area contributed by atoms with Gasteiger partial charge in [-0.25, -0.2) is 4.39 Å². The summed E-state index contributed by atoms with van der Waals surface area (Å²) in [7, 11) is 0.391. The van der Waals surface area contributed by atoms with Crippen molar-refractivity contribution in [1.29, 1.82) is 0 Å². The van der Waals surface area contributed by atoms with Crippen molar-refractivity contribution in [3.8, 4) is 0 Å². The van der Waals surface area contributed by atoms with Gasteiger partial charge in [-0.15, -0.1) is 0 Å². The largest absolute Gasteiger partial charge is 0.396 e. The first kappa shape index (κ1) is 14.1. The van der Waals surface area contributed by atoms with Gasteiger partial charge in [0.25, 0.3) is 0 Å². The lowest BCUT2D eigenvalue weighted by atomic mass is 10.1. The van der Waals surface area contributed by atoms with Crippen molar-refractivity contribution < 1.29 is 13.3 Å². The van der Waals surface area contributed by atoms with Gasteiger partial charge in [-0.1, -0.05) is 0 Å². The third-order valence-corrected chi connectivity index (χ3v) is 4.03. The summed E-state index contributed by atoms with van der Waals surface area (Å²) in [6.07, 6.45) is 0.641. The van der Waals surface area contributed by atoms with E-state index in [1.54, 1.807) is 13.2 Å². The van der Waals surface area contributed by atoms with E-state index < -0.39 is 16.6 Å². The number of ether oxygens (including phenoxy) is 1. The molecule has 0 aliphatic rings. The predicted octanol–water partition coefficient (Wildman–Crippen LogP) is 2.33. The molecule has 1 rings (SSSR count). The van der Waals surface area contributed by atoms with Gasteiger partial charge in [0.15, 0.2) is 0 Å². The minimum Gasteiger partial charge on any atom is -0.396 e. The highest BCUT2D eigenvalue weighted by molar-refractivity contribution is 7.85. The van der Waals surface area contributed by atoms with E-state index in [1.165, 1.54) is 12.1 Å². The number of rotatable bonds is 5. The first-order valence-corrected chi connectivity index (χ1v) is 6.66. The van der Waals surface area contributed by atoms with Crippen molar-refractivity contribution in [3.63, 3.8) is 0 Å². The molecular weight excluding hydrogens is 241 g/mol. The predicted molar refractivity (Wildman–Crippen MR) is 67.8 cm³/mol. The van der Waals surface area contributed by atoms with Gasteiger partial charge in [-0.05, 0) is 38.5 Å². The summed E-state index contributed by atoms with van der Waals surface area (Å²) >= 11 is 0. The number of benzene rings is 1. The van der Waals surface area contributed by atoms with Crippen molar-refractivity contribution in [3.05, 3.63) is 24.0 Å². The number of anilines is 1. The Morgan fingerprint density at radius 2 is 2.12 bits per heavy atom. The lowest BCUT2D eigenvalue weighted by Crippen LogP contribution is -2.24. The number of nitrogen functional groups attached to an aromatic ring is 1. The van der Waals surface area contributed by atoms with Crippen molar-refractivity contribution in [2.24, 2.45) is 0 Å². The first-order chi connectivity index (χ1) is 7.85. The van der Waals surface area contributed by atoms with Crippen molar-refractivity contribution >= 4 is 16.5 Å². The second-order valence-corrected chi connectivity index (χ2v) is 6.02. The molecule has 0 spiro atoms. The molecule has 0 aliphatic heterocycles. The lowest BCUT2D eigenvalue weighted by Gasteiger charge is -2.22. The van der Waals surface area contributed by atoms with Gasteiger partial charge in [0.2, 0.25) is 0 Å². The van der Waals surface area contributed by atoms with Gasteiger partial charge < -0.3 is 10.5 Å². The molecule has 1 unspecified atom stereocenters. The molecule has 0 amide bonds. The van der Waals surface area contributed by atoms with Crippen LogP contribution in [0.2, 0.25) is 0 Å². The van der Waals surface area contributed by atoms with E-state index in [4.69, 9.17) is 10.5 Å². The van der Waals surface area contributed by atoms with Gasteiger partial charge in [0.05, 0.1) is 22.1 Å². The summed E-state index contributed by atoms with van der Waals surface area (Å²) < 4.78 is 30.4. The summed E-state index contributed by atoms with van der Waals surface area (Å²) in [6.45, 7) is 3.85. The zero-order valence-corrected chi connectivity index (χ0v) is 11.1. The van der Waals surface area contributed by atoms with Gasteiger partial charge in [0.1, 0.15) is 5.82 Å². The molecule has 2 N–H and O–H groups in total. The Bertz CT molecular complexity index is 421. The number of methoxy groups -OCH3 is 1. The van der Waals surface area contributed by atoms with Gasteiger partial charge in [-0.2, -0.15) is 0 Å². The normalized spacial score (nSPS) is 13.6. The molecule has 0 radical (unpaired) electrons. The molecule has 3 nitrogen and oxygen atoms in total. The summed E-state index contributed by atoms with van der Waals surface area (Å²) in [5, 5.41) is 0. The smallest absolute Gasteiger partial charge is 0.147 e. The number of halogens is 1. The maximum absolute atomic E-state index is 13.2. The third kappa shape index (κ3) is 4.09. The number of nitrogens with two attached hydrogens (primary N) is 1. The molecule has 0 aromatic heterocycles. The molecule has 96 valence electrons. The lowest BCUT2D eigenvalue weighted by molar-refractivity contribution is 0.0205. The van der Waals surface area contributed by atoms with Crippen molar-refractivity contribution in [1.82, 2.24) is 0 Å². The highest BCUT2D eigenvalue weighted by Gasteiger charge is 2.18. The van der Waals surface area contributed by atoms with Crippen LogP contribution in [0.15, 0.2) is 23.1 Å². The van der Waals surface area contributed by atoms with Crippen LogP contribution in [-0.2, 0) is 15.5 Å². The summed E-state index contributed by atoms with van der Waals surface area (Å²) in [4.78, 5) is 0.462. The quantitative estimate of drug-likeness (QED) is 0.826. The van der Waals surface area contributed by atoms with Crippen LogP contribution in [-0.4, -0.2) is 22.7 Å². The van der Waals surface area contributed by atoms with Crippen LogP contribution >= 0.6 is 0 Å². The Morgan fingerprint density at radius 3 is 2.65 bits per heavy atom. The fraction of sp³-hybridized carbons (Fsp3) is 0.500. The van der Waals surface area contributed by atoms with E-state index in [2.05, 4.69) is 0 Å². The van der Waals surface area contributed by atoms with E-state index in [9.17, 15) is 8.60 Å². The third-order valence-electron chi connectivity index (χ3n) is 2.68. The van der Waals surface area contributed by atoms with Crippen LogP contribution < -0.4 is 5.73 Å². The molecule has 0 fully saturated rings. The summed E-state index contributed by atoms with van der Waals surface area (Å²) in [5.41, 5.74) is 5.11. The Morgan fingerprint density at radius 1 is 1.47 bits per heavy atom. The minimum atomic E-state index is -1.23. The molecule has 1 aromatic carbocycles. The van der Waals surface area contributed by atoms with Crippen molar-refractivity contribution in [2.45, 2.75) is 30.8 Å². The molecule has 1 aromatic rings. The zero-order chi connectivity index (χ0) is 13.1. The second-order valence-electron chi connectivity index (χ2n) is 4.45. The van der Waals surface area contributed by atoms with E-state index >= 15 is 0 Å². The molecule has 0 saturated carbocycles. The van der Waals surface area contributed by atoms with Gasteiger partial charge in [-0.3, -0.25) is 4.21 Å². The molecule has 0 heterocycles. The van der Waals surface area contributed by atoms with E-state index in [1.807, 2.05) is 13.8 Å². The molecule has 5 heteroatoms. The number of hydrogen-bond acceptors (Lipinski definition) is 3. The Labute approximate surface area is 104 Å². The molecular formula is C12H18FNO2S. The van der Waals surface area contributed by atoms with Gasteiger partial charge in [0, 0.05) is 17.8 Å². The highest BCUT2D eigenvalue weighted by atomic mass is 32.2. The summed E-state index contributed by atoms with van der Waals surface area (Å²) in [6, 6.07) is 4.25. The Balaban J connectivity index is 2.68.